The van der Waals surface area contributed by atoms with Crippen LogP contribution in [0.15, 0.2) is 58.7 Å². The van der Waals surface area contributed by atoms with Crippen molar-refractivity contribution in [3.8, 4) is 0 Å². The Hall–Kier alpha value is -2.67. The third-order valence-corrected chi connectivity index (χ3v) is 5.14. The van der Waals surface area contributed by atoms with Gasteiger partial charge in [0.2, 0.25) is 5.91 Å². The molecule has 0 atom stereocenters. The zero-order chi connectivity index (χ0) is 17.9. The van der Waals surface area contributed by atoms with Crippen molar-refractivity contribution < 1.29 is 4.79 Å². The molecule has 0 bridgehead atoms. The molecule has 3 aromatic rings. The summed E-state index contributed by atoms with van der Waals surface area (Å²) in [5, 5.41) is 4.08. The maximum absolute atomic E-state index is 13.0. The molecule has 1 N–H and O–H groups in total. The number of aromatic nitrogens is 3. The number of fused-ring (bicyclic) bond motifs is 1. The first-order valence-electron chi connectivity index (χ1n) is 8.51. The summed E-state index contributed by atoms with van der Waals surface area (Å²) in [7, 11) is 0. The average Bonchev–Trinajstić information content (AvgIpc) is 3.47. The third-order valence-electron chi connectivity index (χ3n) is 4.16. The van der Waals surface area contributed by atoms with Crippen LogP contribution < -0.4 is 10.9 Å². The first-order valence-corrected chi connectivity index (χ1v) is 9.50. The summed E-state index contributed by atoms with van der Waals surface area (Å²) in [6.45, 7) is 0.372. The van der Waals surface area contributed by atoms with Crippen molar-refractivity contribution in [3.63, 3.8) is 0 Å². The highest BCUT2D eigenvalue weighted by Gasteiger charge is 2.23. The lowest BCUT2D eigenvalue weighted by Gasteiger charge is -2.13. The van der Waals surface area contributed by atoms with E-state index in [1.807, 2.05) is 30.3 Å². The minimum atomic E-state index is -0.107. The lowest BCUT2D eigenvalue weighted by molar-refractivity contribution is -0.118. The number of benzene rings is 1. The Morgan fingerprint density at radius 1 is 1.23 bits per heavy atom. The molecule has 0 unspecified atom stereocenters. The largest absolute Gasteiger partial charge is 0.353 e. The molecule has 2 heterocycles. The van der Waals surface area contributed by atoms with Crippen molar-refractivity contribution in [2.45, 2.75) is 30.6 Å². The number of para-hydroxylation sites is 1. The number of amides is 1. The van der Waals surface area contributed by atoms with Gasteiger partial charge >= 0.3 is 0 Å². The second-order valence-electron chi connectivity index (χ2n) is 6.29. The van der Waals surface area contributed by atoms with E-state index in [1.165, 1.54) is 11.8 Å². The fourth-order valence-corrected chi connectivity index (χ4v) is 3.51. The summed E-state index contributed by atoms with van der Waals surface area (Å²) in [6.07, 6.45) is 5.53. The molecular formula is C19H18N4O2S. The number of nitrogens with one attached hydrogen (secondary N) is 1. The molecule has 1 aromatic carbocycles. The van der Waals surface area contributed by atoms with Crippen LogP contribution in [0.25, 0.3) is 10.9 Å². The molecule has 1 aliphatic carbocycles. The van der Waals surface area contributed by atoms with Gasteiger partial charge in [-0.25, -0.2) is 4.98 Å². The number of pyridine rings is 1. The Kier molecular flexibility index (Phi) is 4.71. The number of carbonyl (C=O) groups is 1. The van der Waals surface area contributed by atoms with Crippen molar-refractivity contribution >= 4 is 28.6 Å². The lowest BCUT2D eigenvalue weighted by atomic mass is 10.2. The van der Waals surface area contributed by atoms with Crippen molar-refractivity contribution in [2.75, 3.05) is 5.75 Å². The lowest BCUT2D eigenvalue weighted by Crippen LogP contribution is -2.28. The van der Waals surface area contributed by atoms with Crippen LogP contribution in [0.1, 0.15) is 18.4 Å². The van der Waals surface area contributed by atoms with Gasteiger partial charge < -0.3 is 5.32 Å². The normalized spacial score (nSPS) is 13.7. The maximum atomic E-state index is 13.0. The van der Waals surface area contributed by atoms with Crippen molar-refractivity contribution in [2.24, 2.45) is 0 Å². The summed E-state index contributed by atoms with van der Waals surface area (Å²) in [5.41, 5.74) is 1.45. The molecular weight excluding hydrogens is 348 g/mol. The zero-order valence-corrected chi connectivity index (χ0v) is 14.9. The van der Waals surface area contributed by atoms with E-state index in [0.29, 0.717) is 28.6 Å². The van der Waals surface area contributed by atoms with Crippen LogP contribution in [-0.2, 0) is 11.3 Å². The molecule has 7 heteroatoms. The average molecular weight is 366 g/mol. The quantitative estimate of drug-likeness (QED) is 0.535. The van der Waals surface area contributed by atoms with E-state index in [2.05, 4.69) is 15.3 Å². The van der Waals surface area contributed by atoms with Crippen LogP contribution in [-0.4, -0.2) is 32.2 Å². The van der Waals surface area contributed by atoms with Crippen molar-refractivity contribution in [1.82, 2.24) is 19.9 Å². The van der Waals surface area contributed by atoms with E-state index in [1.54, 1.807) is 23.0 Å². The highest BCUT2D eigenvalue weighted by molar-refractivity contribution is 7.99. The van der Waals surface area contributed by atoms with Crippen molar-refractivity contribution in [1.29, 1.82) is 0 Å². The molecule has 1 aliphatic rings. The Morgan fingerprint density at radius 2 is 2.08 bits per heavy atom. The Balaban J connectivity index is 1.67. The van der Waals surface area contributed by atoms with Gasteiger partial charge in [-0.3, -0.25) is 19.1 Å². The topological polar surface area (TPSA) is 76.9 Å². The van der Waals surface area contributed by atoms with Crippen molar-refractivity contribution in [3.05, 3.63) is 64.7 Å². The SMILES string of the molecule is O=C(CSc1nc2ccccc2c(=O)n1Cc1cccnc1)NC1CC1. The number of rotatable bonds is 6. The minimum absolute atomic E-state index is 0.0205. The van der Waals surface area contributed by atoms with E-state index >= 15 is 0 Å². The van der Waals surface area contributed by atoms with E-state index in [0.717, 1.165) is 18.4 Å². The Morgan fingerprint density at radius 3 is 2.85 bits per heavy atom. The first kappa shape index (κ1) is 16.8. The summed E-state index contributed by atoms with van der Waals surface area (Å²) in [6, 6.07) is 11.4. The fraction of sp³-hybridized carbons (Fsp3) is 0.263. The summed E-state index contributed by atoms with van der Waals surface area (Å²) >= 11 is 1.29. The summed E-state index contributed by atoms with van der Waals surface area (Å²) in [5.74, 6) is 0.224. The van der Waals surface area contributed by atoms with E-state index in [-0.39, 0.29) is 17.2 Å². The summed E-state index contributed by atoms with van der Waals surface area (Å²) < 4.78 is 1.62. The van der Waals surface area contributed by atoms with Gasteiger partial charge in [0, 0.05) is 18.4 Å². The van der Waals surface area contributed by atoms with Crippen LogP contribution in [0.2, 0.25) is 0 Å². The van der Waals surface area contributed by atoms with Gasteiger partial charge in [-0.15, -0.1) is 0 Å². The van der Waals surface area contributed by atoms with Gasteiger partial charge in [0.1, 0.15) is 0 Å². The second-order valence-corrected chi connectivity index (χ2v) is 7.24. The van der Waals surface area contributed by atoms with E-state index in [9.17, 15) is 9.59 Å². The standard InChI is InChI=1S/C19H18N4O2S/c24-17(21-14-7-8-14)12-26-19-22-16-6-2-1-5-15(16)18(25)23(19)11-13-4-3-9-20-10-13/h1-6,9-10,14H,7-8,11-12H2,(H,21,24). The number of carbonyl (C=O) groups excluding carboxylic acids is 1. The Bertz CT molecular complexity index is 999. The molecule has 4 rings (SSSR count). The molecule has 1 saturated carbocycles. The first-order chi connectivity index (χ1) is 12.7. The number of thioether (sulfide) groups is 1. The fourth-order valence-electron chi connectivity index (χ4n) is 2.70. The van der Waals surface area contributed by atoms with Gasteiger partial charge in [0.05, 0.1) is 23.2 Å². The highest BCUT2D eigenvalue weighted by Crippen LogP contribution is 2.21. The van der Waals surface area contributed by atoms with Crippen LogP contribution in [0.4, 0.5) is 0 Å². The second kappa shape index (κ2) is 7.29. The predicted molar refractivity (Wildman–Crippen MR) is 101 cm³/mol. The smallest absolute Gasteiger partial charge is 0.262 e. The molecule has 0 saturated heterocycles. The molecule has 0 radical (unpaired) electrons. The molecule has 2 aromatic heterocycles. The number of nitrogens with zero attached hydrogens (tertiary/aromatic N) is 3. The molecule has 132 valence electrons. The monoisotopic (exact) mass is 366 g/mol. The molecule has 26 heavy (non-hydrogen) atoms. The molecule has 0 spiro atoms. The van der Waals surface area contributed by atoms with Gasteiger partial charge in [-0.1, -0.05) is 30.0 Å². The predicted octanol–water partition coefficient (Wildman–Crippen LogP) is 2.21. The van der Waals surface area contributed by atoms with Crippen LogP contribution in [0, 0.1) is 0 Å². The van der Waals surface area contributed by atoms with E-state index in [4.69, 9.17) is 0 Å². The molecule has 0 aliphatic heterocycles. The maximum Gasteiger partial charge on any atom is 0.262 e. The van der Waals surface area contributed by atoms with Gasteiger partial charge in [-0.2, -0.15) is 0 Å². The molecule has 1 amide bonds. The Labute approximate surface area is 154 Å². The number of hydrogen-bond donors (Lipinski definition) is 1. The minimum Gasteiger partial charge on any atom is -0.353 e. The van der Waals surface area contributed by atoms with Crippen LogP contribution in [0.5, 0.6) is 0 Å². The van der Waals surface area contributed by atoms with E-state index < -0.39 is 0 Å². The molecule has 6 nitrogen and oxygen atoms in total. The van der Waals surface area contributed by atoms with Gasteiger partial charge in [0.15, 0.2) is 5.16 Å². The number of hydrogen-bond acceptors (Lipinski definition) is 5. The summed E-state index contributed by atoms with van der Waals surface area (Å²) in [4.78, 5) is 33.7. The zero-order valence-electron chi connectivity index (χ0n) is 14.1. The highest BCUT2D eigenvalue weighted by atomic mass is 32.2. The van der Waals surface area contributed by atoms with Gasteiger partial charge in [0.25, 0.3) is 5.56 Å². The van der Waals surface area contributed by atoms with Crippen LogP contribution in [0.3, 0.4) is 0 Å². The molecule has 1 fully saturated rings. The van der Waals surface area contributed by atoms with Gasteiger partial charge in [-0.05, 0) is 36.6 Å². The third kappa shape index (κ3) is 3.77. The van der Waals surface area contributed by atoms with Crippen LogP contribution >= 0.6 is 11.8 Å².